The number of rotatable bonds is 4. The van der Waals surface area contributed by atoms with E-state index in [0.29, 0.717) is 30.5 Å². The Morgan fingerprint density at radius 3 is 2.96 bits per heavy atom. The molecule has 1 unspecified atom stereocenters. The standard InChI is InChI=1S/C17H19N5OS/c23-16(17(8-3-4-9-17)15-19-21-22-20-15)18-11-14-13-6-2-1-5-12(13)7-10-24-14/h1-6,14H,7-11H2,(H,18,23)(H,19,20,21,22). The molecule has 0 saturated carbocycles. The maximum Gasteiger partial charge on any atom is 0.234 e. The first-order valence-corrected chi connectivity index (χ1v) is 9.21. The van der Waals surface area contributed by atoms with E-state index >= 15 is 0 Å². The van der Waals surface area contributed by atoms with E-state index in [1.807, 2.05) is 23.9 Å². The Labute approximate surface area is 144 Å². The zero-order valence-electron chi connectivity index (χ0n) is 13.2. The van der Waals surface area contributed by atoms with E-state index in [-0.39, 0.29) is 5.91 Å². The number of hydrogen-bond donors (Lipinski definition) is 2. The number of amides is 1. The van der Waals surface area contributed by atoms with Crippen molar-refractivity contribution in [3.8, 4) is 0 Å². The summed E-state index contributed by atoms with van der Waals surface area (Å²) in [6, 6.07) is 8.51. The number of allylic oxidation sites excluding steroid dienone is 2. The molecule has 0 spiro atoms. The second-order valence-electron chi connectivity index (χ2n) is 6.22. The third-order valence-electron chi connectivity index (χ3n) is 4.85. The molecule has 1 aromatic heterocycles. The van der Waals surface area contributed by atoms with Crippen molar-refractivity contribution in [1.29, 1.82) is 0 Å². The molecular formula is C17H19N5OS. The molecule has 0 radical (unpaired) electrons. The number of benzene rings is 1. The zero-order chi connectivity index (χ0) is 16.4. The van der Waals surface area contributed by atoms with Crippen molar-refractivity contribution >= 4 is 17.7 Å². The Morgan fingerprint density at radius 1 is 1.33 bits per heavy atom. The average Bonchev–Trinajstić information content (AvgIpc) is 3.31. The van der Waals surface area contributed by atoms with Crippen molar-refractivity contribution < 1.29 is 4.79 Å². The van der Waals surface area contributed by atoms with Gasteiger partial charge >= 0.3 is 0 Å². The van der Waals surface area contributed by atoms with Crippen LogP contribution in [0.5, 0.6) is 0 Å². The maximum atomic E-state index is 12.9. The minimum absolute atomic E-state index is 0.0162. The summed E-state index contributed by atoms with van der Waals surface area (Å²) in [5, 5.41) is 17.7. The molecule has 124 valence electrons. The van der Waals surface area contributed by atoms with E-state index in [4.69, 9.17) is 0 Å². The summed E-state index contributed by atoms with van der Waals surface area (Å²) in [4.78, 5) is 12.9. The van der Waals surface area contributed by atoms with E-state index in [2.05, 4.69) is 50.2 Å². The molecule has 2 aliphatic rings. The first-order valence-electron chi connectivity index (χ1n) is 8.16. The fourth-order valence-corrected chi connectivity index (χ4v) is 4.72. The molecule has 7 heteroatoms. The van der Waals surface area contributed by atoms with Gasteiger partial charge in [0.2, 0.25) is 5.91 Å². The zero-order valence-corrected chi connectivity index (χ0v) is 14.1. The largest absolute Gasteiger partial charge is 0.354 e. The summed E-state index contributed by atoms with van der Waals surface area (Å²) in [6.07, 6.45) is 6.36. The number of carbonyl (C=O) groups excluding carboxylic acids is 1. The number of fused-ring (bicyclic) bond motifs is 1. The maximum absolute atomic E-state index is 12.9. The molecular weight excluding hydrogens is 322 g/mol. The number of aromatic amines is 1. The van der Waals surface area contributed by atoms with E-state index in [0.717, 1.165) is 12.2 Å². The van der Waals surface area contributed by atoms with Gasteiger partial charge in [-0.25, -0.2) is 0 Å². The number of H-pyrrole nitrogens is 1. The SMILES string of the molecule is O=C(NCC1SCCc2ccccc21)C1(c2nn[nH]n2)CC=CC1. The Morgan fingerprint density at radius 2 is 2.17 bits per heavy atom. The van der Waals surface area contributed by atoms with Gasteiger partial charge in [-0.3, -0.25) is 4.79 Å². The molecule has 2 N–H and O–H groups in total. The first-order chi connectivity index (χ1) is 11.8. The third-order valence-corrected chi connectivity index (χ3v) is 6.11. The molecule has 0 bridgehead atoms. The second-order valence-corrected chi connectivity index (χ2v) is 7.53. The Balaban J connectivity index is 1.49. The van der Waals surface area contributed by atoms with Crippen molar-refractivity contribution in [3.05, 3.63) is 53.4 Å². The second kappa shape index (κ2) is 6.39. The van der Waals surface area contributed by atoms with Crippen molar-refractivity contribution in [2.24, 2.45) is 0 Å². The number of tetrazole rings is 1. The van der Waals surface area contributed by atoms with E-state index in [9.17, 15) is 4.79 Å². The van der Waals surface area contributed by atoms with Crippen LogP contribution in [0.4, 0.5) is 0 Å². The van der Waals surface area contributed by atoms with Crippen LogP contribution >= 0.6 is 11.8 Å². The molecule has 1 aliphatic carbocycles. The summed E-state index contributed by atoms with van der Waals surface area (Å²) in [6.45, 7) is 0.625. The number of aryl methyl sites for hydroxylation is 1. The minimum Gasteiger partial charge on any atom is -0.354 e. The van der Waals surface area contributed by atoms with Gasteiger partial charge in [0.25, 0.3) is 0 Å². The van der Waals surface area contributed by atoms with Crippen molar-refractivity contribution in [2.45, 2.75) is 29.9 Å². The molecule has 6 nitrogen and oxygen atoms in total. The monoisotopic (exact) mass is 341 g/mol. The van der Waals surface area contributed by atoms with Gasteiger partial charge in [-0.2, -0.15) is 17.0 Å². The van der Waals surface area contributed by atoms with Crippen LogP contribution < -0.4 is 5.32 Å². The molecule has 0 saturated heterocycles. The molecule has 1 aliphatic heterocycles. The number of thioether (sulfide) groups is 1. The number of nitrogens with zero attached hydrogens (tertiary/aromatic N) is 3. The predicted molar refractivity (Wildman–Crippen MR) is 92.6 cm³/mol. The Kier molecular flexibility index (Phi) is 4.10. The molecule has 2 aromatic rings. The Bertz CT molecular complexity index is 750. The summed E-state index contributed by atoms with van der Waals surface area (Å²) >= 11 is 1.91. The third kappa shape index (κ3) is 2.62. The number of hydrogen-bond acceptors (Lipinski definition) is 5. The van der Waals surface area contributed by atoms with Crippen molar-refractivity contribution in [3.63, 3.8) is 0 Å². The normalized spacial score (nSPS) is 21.4. The minimum atomic E-state index is -0.716. The molecule has 4 rings (SSSR count). The van der Waals surface area contributed by atoms with Gasteiger partial charge in [-0.15, -0.1) is 10.2 Å². The van der Waals surface area contributed by atoms with Crippen LogP contribution in [0.1, 0.15) is 35.0 Å². The fraction of sp³-hybridized carbons (Fsp3) is 0.412. The van der Waals surface area contributed by atoms with Gasteiger partial charge in [-0.1, -0.05) is 41.6 Å². The number of carbonyl (C=O) groups is 1. The van der Waals surface area contributed by atoms with E-state index in [1.165, 1.54) is 11.1 Å². The lowest BCUT2D eigenvalue weighted by atomic mass is 9.83. The van der Waals surface area contributed by atoms with Gasteiger partial charge in [0, 0.05) is 11.8 Å². The van der Waals surface area contributed by atoms with Gasteiger partial charge in [0.05, 0.1) is 0 Å². The number of aromatic nitrogens is 4. The lowest BCUT2D eigenvalue weighted by Crippen LogP contribution is -2.45. The van der Waals surface area contributed by atoms with Crippen LogP contribution in [0.15, 0.2) is 36.4 Å². The topological polar surface area (TPSA) is 83.6 Å². The highest BCUT2D eigenvalue weighted by atomic mass is 32.2. The van der Waals surface area contributed by atoms with Gasteiger partial charge in [-0.05, 0) is 36.1 Å². The van der Waals surface area contributed by atoms with Crippen molar-refractivity contribution in [2.75, 3.05) is 12.3 Å². The summed E-state index contributed by atoms with van der Waals surface area (Å²) in [7, 11) is 0. The van der Waals surface area contributed by atoms with Crippen molar-refractivity contribution in [1.82, 2.24) is 25.9 Å². The molecule has 0 fully saturated rings. The molecule has 2 heterocycles. The van der Waals surface area contributed by atoms with Crippen LogP contribution in [-0.4, -0.2) is 38.8 Å². The van der Waals surface area contributed by atoms with E-state index < -0.39 is 5.41 Å². The molecule has 1 amide bonds. The van der Waals surface area contributed by atoms with E-state index in [1.54, 1.807) is 0 Å². The predicted octanol–water partition coefficient (Wildman–Crippen LogP) is 1.93. The average molecular weight is 341 g/mol. The molecule has 1 atom stereocenters. The lowest BCUT2D eigenvalue weighted by Gasteiger charge is -2.28. The number of nitrogens with one attached hydrogen (secondary N) is 2. The van der Waals surface area contributed by atoms with Gasteiger partial charge < -0.3 is 5.32 Å². The smallest absolute Gasteiger partial charge is 0.234 e. The van der Waals surface area contributed by atoms with Gasteiger partial charge in [0.15, 0.2) is 5.82 Å². The summed E-state index contributed by atoms with van der Waals surface area (Å²) in [5.41, 5.74) is 2.02. The fourth-order valence-electron chi connectivity index (χ4n) is 3.49. The quantitative estimate of drug-likeness (QED) is 0.830. The Hall–Kier alpha value is -2.15. The highest BCUT2D eigenvalue weighted by Gasteiger charge is 2.44. The van der Waals surface area contributed by atoms with Crippen LogP contribution in [-0.2, 0) is 16.6 Å². The molecule has 1 aromatic carbocycles. The summed E-state index contributed by atoms with van der Waals surface area (Å²) in [5.74, 6) is 1.55. The lowest BCUT2D eigenvalue weighted by molar-refractivity contribution is -0.126. The first kappa shape index (κ1) is 15.4. The van der Waals surface area contributed by atoms with Crippen LogP contribution in [0.2, 0.25) is 0 Å². The summed E-state index contributed by atoms with van der Waals surface area (Å²) < 4.78 is 0. The highest BCUT2D eigenvalue weighted by molar-refractivity contribution is 7.99. The van der Waals surface area contributed by atoms with Crippen LogP contribution in [0, 0.1) is 0 Å². The van der Waals surface area contributed by atoms with Crippen LogP contribution in [0.3, 0.4) is 0 Å². The van der Waals surface area contributed by atoms with Crippen LogP contribution in [0.25, 0.3) is 0 Å². The highest BCUT2D eigenvalue weighted by Crippen LogP contribution is 2.38. The molecule has 24 heavy (non-hydrogen) atoms. The van der Waals surface area contributed by atoms with Gasteiger partial charge in [0.1, 0.15) is 5.41 Å².